The topological polar surface area (TPSA) is 65.0 Å². The molecule has 0 aliphatic heterocycles. The molecule has 0 heterocycles. The van der Waals surface area contributed by atoms with Gasteiger partial charge in [0, 0.05) is 0 Å². The lowest BCUT2D eigenvalue weighted by Gasteiger charge is -2.17. The van der Waals surface area contributed by atoms with E-state index in [0.29, 0.717) is 0 Å². The van der Waals surface area contributed by atoms with Gasteiger partial charge in [-0.25, -0.2) is 4.79 Å². The van der Waals surface area contributed by atoms with Crippen LogP contribution in [-0.2, 0) is 15.9 Å². The second-order valence-electron chi connectivity index (χ2n) is 3.88. The Kier molecular flexibility index (Phi) is 6.74. The fraction of sp³-hybridized carbons (Fsp3) is 0.500. The number of ether oxygens (including phenoxy) is 3. The van der Waals surface area contributed by atoms with Gasteiger partial charge >= 0.3 is 6.16 Å². The summed E-state index contributed by atoms with van der Waals surface area (Å²) in [5.41, 5.74) is 1.07. The minimum absolute atomic E-state index is 0.0896. The van der Waals surface area contributed by atoms with Crippen LogP contribution < -0.4 is 4.74 Å². The number of aliphatic hydroxyl groups is 1. The van der Waals surface area contributed by atoms with E-state index in [0.717, 1.165) is 17.7 Å². The molecule has 0 fully saturated rings. The van der Waals surface area contributed by atoms with Crippen molar-refractivity contribution in [3.05, 3.63) is 29.8 Å². The molecule has 0 bridgehead atoms. The van der Waals surface area contributed by atoms with Gasteiger partial charge in [-0.05, 0) is 25.0 Å². The average Bonchev–Trinajstić information content (AvgIpc) is 2.44. The van der Waals surface area contributed by atoms with Crippen LogP contribution in [0.2, 0.25) is 0 Å². The highest BCUT2D eigenvalue weighted by Crippen LogP contribution is 2.18. The highest BCUT2D eigenvalue weighted by Gasteiger charge is 2.15. The number of carbonyl (C=O) groups is 1. The van der Waals surface area contributed by atoms with Crippen LogP contribution in [0, 0.1) is 0 Å². The zero-order chi connectivity index (χ0) is 14.1. The van der Waals surface area contributed by atoms with Crippen LogP contribution in [0.25, 0.3) is 0 Å². The molecule has 1 aromatic rings. The Morgan fingerprint density at radius 3 is 2.68 bits per heavy atom. The molecule has 5 nitrogen and oxygen atoms in total. The molecule has 19 heavy (non-hydrogen) atoms. The number of benzene rings is 1. The maximum atomic E-state index is 11.1. The number of rotatable bonds is 7. The van der Waals surface area contributed by atoms with Crippen molar-refractivity contribution < 1.29 is 24.1 Å². The first-order valence-corrected chi connectivity index (χ1v) is 6.36. The summed E-state index contributed by atoms with van der Waals surface area (Å²) in [4.78, 5) is 11.1. The Morgan fingerprint density at radius 1 is 1.32 bits per heavy atom. The van der Waals surface area contributed by atoms with E-state index in [9.17, 15) is 4.79 Å². The molecular formula is C14H20O5. The van der Waals surface area contributed by atoms with Crippen LogP contribution in [0.1, 0.15) is 19.4 Å². The molecule has 0 aromatic heterocycles. The maximum Gasteiger partial charge on any atom is 0.508 e. The van der Waals surface area contributed by atoms with E-state index >= 15 is 0 Å². The largest absolute Gasteiger partial charge is 0.508 e. The molecule has 5 heteroatoms. The van der Waals surface area contributed by atoms with Crippen LogP contribution >= 0.6 is 0 Å². The standard InChI is InChI=1S/C14H20O5/c1-3-11-7-5-6-8-13(11)18-10-12(9-15)19-14(16)17-4-2/h5-8,12,15H,3-4,9-10H2,1-2H3. The molecule has 0 amide bonds. The molecule has 0 saturated carbocycles. The van der Waals surface area contributed by atoms with Gasteiger partial charge in [0.2, 0.25) is 0 Å². The van der Waals surface area contributed by atoms with Gasteiger partial charge in [0.25, 0.3) is 0 Å². The zero-order valence-corrected chi connectivity index (χ0v) is 11.3. The summed E-state index contributed by atoms with van der Waals surface area (Å²) in [6.07, 6.45) is -0.684. The second-order valence-corrected chi connectivity index (χ2v) is 3.88. The van der Waals surface area contributed by atoms with Crippen molar-refractivity contribution in [2.75, 3.05) is 19.8 Å². The van der Waals surface area contributed by atoms with Crippen LogP contribution in [0.15, 0.2) is 24.3 Å². The van der Waals surface area contributed by atoms with Gasteiger partial charge in [-0.15, -0.1) is 0 Å². The molecule has 0 spiro atoms. The molecule has 1 N–H and O–H groups in total. The molecule has 0 aliphatic carbocycles. The summed E-state index contributed by atoms with van der Waals surface area (Å²) < 4.78 is 15.1. The van der Waals surface area contributed by atoms with Gasteiger partial charge in [-0.1, -0.05) is 25.1 Å². The van der Waals surface area contributed by atoms with Crippen molar-refractivity contribution in [3.63, 3.8) is 0 Å². The lowest BCUT2D eigenvalue weighted by Crippen LogP contribution is -2.29. The van der Waals surface area contributed by atoms with E-state index in [4.69, 9.17) is 14.6 Å². The Labute approximate surface area is 113 Å². The van der Waals surface area contributed by atoms with Crippen molar-refractivity contribution in [1.29, 1.82) is 0 Å². The summed E-state index contributed by atoms with van der Waals surface area (Å²) in [7, 11) is 0. The molecule has 1 unspecified atom stereocenters. The fourth-order valence-corrected chi connectivity index (χ4v) is 1.53. The Morgan fingerprint density at radius 2 is 2.05 bits per heavy atom. The Balaban J connectivity index is 2.50. The van der Waals surface area contributed by atoms with E-state index in [1.807, 2.05) is 31.2 Å². The van der Waals surface area contributed by atoms with Gasteiger partial charge in [0.05, 0.1) is 13.2 Å². The van der Waals surface area contributed by atoms with Crippen molar-refractivity contribution >= 4 is 6.16 Å². The third-order valence-corrected chi connectivity index (χ3v) is 2.51. The molecule has 1 atom stereocenters. The molecule has 106 valence electrons. The number of para-hydroxylation sites is 1. The number of carbonyl (C=O) groups excluding carboxylic acids is 1. The quantitative estimate of drug-likeness (QED) is 0.768. The van der Waals surface area contributed by atoms with Crippen molar-refractivity contribution in [2.45, 2.75) is 26.4 Å². The highest BCUT2D eigenvalue weighted by molar-refractivity contribution is 5.60. The minimum Gasteiger partial charge on any atom is -0.489 e. The van der Waals surface area contributed by atoms with Crippen molar-refractivity contribution in [2.24, 2.45) is 0 Å². The number of hydrogen-bond acceptors (Lipinski definition) is 5. The predicted molar refractivity (Wildman–Crippen MR) is 70.3 cm³/mol. The average molecular weight is 268 g/mol. The van der Waals surface area contributed by atoms with E-state index in [1.165, 1.54) is 0 Å². The first kappa shape index (κ1) is 15.3. The first-order valence-electron chi connectivity index (χ1n) is 6.36. The lowest BCUT2D eigenvalue weighted by atomic mass is 10.1. The first-order chi connectivity index (χ1) is 9.21. The molecular weight excluding hydrogens is 248 g/mol. The summed E-state index contributed by atoms with van der Waals surface area (Å²) in [6.45, 7) is 3.72. The normalized spacial score (nSPS) is 11.7. The van der Waals surface area contributed by atoms with Gasteiger partial charge in [-0.2, -0.15) is 0 Å². The Bertz CT molecular complexity index is 391. The van der Waals surface area contributed by atoms with Gasteiger partial charge in [-0.3, -0.25) is 0 Å². The van der Waals surface area contributed by atoms with Crippen molar-refractivity contribution in [1.82, 2.24) is 0 Å². The van der Waals surface area contributed by atoms with E-state index < -0.39 is 12.3 Å². The summed E-state index contributed by atoms with van der Waals surface area (Å²) in [6, 6.07) is 7.62. The van der Waals surface area contributed by atoms with Gasteiger partial charge < -0.3 is 19.3 Å². The van der Waals surface area contributed by atoms with Crippen LogP contribution in [0.5, 0.6) is 5.75 Å². The summed E-state index contributed by atoms with van der Waals surface area (Å²) in [5.74, 6) is 0.732. The van der Waals surface area contributed by atoms with Crippen LogP contribution in [-0.4, -0.2) is 37.2 Å². The predicted octanol–water partition coefficient (Wildman–Crippen LogP) is 2.16. The number of aryl methyl sites for hydroxylation is 1. The summed E-state index contributed by atoms with van der Waals surface area (Å²) in [5, 5.41) is 9.13. The molecule has 0 radical (unpaired) electrons. The summed E-state index contributed by atoms with van der Waals surface area (Å²) >= 11 is 0. The molecule has 1 rings (SSSR count). The van der Waals surface area contributed by atoms with Crippen molar-refractivity contribution in [3.8, 4) is 5.75 Å². The maximum absolute atomic E-state index is 11.1. The smallest absolute Gasteiger partial charge is 0.489 e. The lowest BCUT2D eigenvalue weighted by molar-refractivity contribution is -0.0126. The van der Waals surface area contributed by atoms with E-state index in [2.05, 4.69) is 4.74 Å². The SMILES string of the molecule is CCOC(=O)OC(CO)COc1ccccc1CC. The highest BCUT2D eigenvalue weighted by atomic mass is 16.7. The molecule has 0 aliphatic rings. The minimum atomic E-state index is -0.797. The van der Waals surface area contributed by atoms with Gasteiger partial charge in [0.1, 0.15) is 12.4 Å². The van der Waals surface area contributed by atoms with Crippen LogP contribution in [0.4, 0.5) is 4.79 Å². The van der Waals surface area contributed by atoms with E-state index in [1.54, 1.807) is 6.92 Å². The number of hydrogen-bond donors (Lipinski definition) is 1. The Hall–Kier alpha value is -1.75. The monoisotopic (exact) mass is 268 g/mol. The molecule has 0 saturated heterocycles. The van der Waals surface area contributed by atoms with E-state index in [-0.39, 0.29) is 19.8 Å². The number of aliphatic hydroxyl groups excluding tert-OH is 1. The third kappa shape index (κ3) is 5.18. The fourth-order valence-electron chi connectivity index (χ4n) is 1.53. The molecule has 1 aromatic carbocycles. The van der Waals surface area contributed by atoms with Gasteiger partial charge in [0.15, 0.2) is 6.10 Å². The zero-order valence-electron chi connectivity index (χ0n) is 11.3. The second kappa shape index (κ2) is 8.37. The van der Waals surface area contributed by atoms with Crippen LogP contribution in [0.3, 0.4) is 0 Å². The third-order valence-electron chi connectivity index (χ3n) is 2.51.